The van der Waals surface area contributed by atoms with Crippen LogP contribution in [0.1, 0.15) is 32.3 Å². The van der Waals surface area contributed by atoms with Crippen molar-refractivity contribution in [1.29, 1.82) is 0 Å². The number of rotatable bonds is 6. The number of hydrogen-bond donors (Lipinski definition) is 2. The molecule has 0 aliphatic carbocycles. The third kappa shape index (κ3) is 4.27. The second-order valence-corrected chi connectivity index (χ2v) is 8.38. The van der Waals surface area contributed by atoms with Gasteiger partial charge in [-0.2, -0.15) is 0 Å². The molecule has 0 aliphatic heterocycles. The second-order valence-electron chi connectivity index (χ2n) is 5.03. The summed E-state index contributed by atoms with van der Waals surface area (Å²) in [5, 5.41) is 9.08. The third-order valence-corrected chi connectivity index (χ3v) is 6.78. The highest BCUT2D eigenvalue weighted by molar-refractivity contribution is 9.11. The molecule has 7 heteroatoms. The third-order valence-electron chi connectivity index (χ3n) is 3.33. The van der Waals surface area contributed by atoms with Crippen LogP contribution in [0.3, 0.4) is 0 Å². The van der Waals surface area contributed by atoms with Crippen molar-refractivity contribution < 1.29 is 13.5 Å². The van der Waals surface area contributed by atoms with Gasteiger partial charge in [0.2, 0.25) is 10.0 Å². The zero-order chi connectivity index (χ0) is 15.6. The number of hydrogen-bond acceptors (Lipinski definition) is 3. The van der Waals surface area contributed by atoms with Gasteiger partial charge in [-0.25, -0.2) is 13.1 Å². The van der Waals surface area contributed by atoms with E-state index >= 15 is 0 Å². The van der Waals surface area contributed by atoms with E-state index in [1.165, 1.54) is 0 Å². The minimum absolute atomic E-state index is 0.0639. The first-order chi connectivity index (χ1) is 9.15. The Bertz CT molecular complexity index is 590. The molecule has 0 bridgehead atoms. The fourth-order valence-electron chi connectivity index (χ4n) is 1.76. The maximum atomic E-state index is 12.5. The molecule has 0 aliphatic rings. The molecule has 1 rings (SSSR count). The number of aliphatic hydroxyl groups is 1. The van der Waals surface area contributed by atoms with Gasteiger partial charge in [-0.1, -0.05) is 22.9 Å². The lowest BCUT2D eigenvalue weighted by atomic mass is 9.97. The maximum Gasteiger partial charge on any atom is 0.242 e. The molecule has 1 atom stereocenters. The Labute approximate surface area is 137 Å². The highest BCUT2D eigenvalue weighted by Gasteiger charge is 2.30. The molecule has 0 saturated heterocycles. The van der Waals surface area contributed by atoms with E-state index in [1.54, 1.807) is 19.1 Å². The zero-order valence-electron chi connectivity index (χ0n) is 11.7. The number of aryl methyl sites for hydroxylation is 1. The van der Waals surface area contributed by atoms with Gasteiger partial charge in [0.15, 0.2) is 0 Å². The van der Waals surface area contributed by atoms with Crippen molar-refractivity contribution in [2.45, 2.75) is 44.0 Å². The van der Waals surface area contributed by atoms with E-state index in [1.807, 2.05) is 13.8 Å². The standard InChI is InChI=1S/C13H19Br2NO3S/c1-4-13(3,5-6-17)16-20(18,19)12-8-10(14)9(2)7-11(12)15/h7-8,16-17H,4-6H2,1-3H3. The molecule has 0 aromatic heterocycles. The maximum absolute atomic E-state index is 12.5. The largest absolute Gasteiger partial charge is 0.396 e. The summed E-state index contributed by atoms with van der Waals surface area (Å²) in [4.78, 5) is 0.188. The molecule has 0 saturated carbocycles. The van der Waals surface area contributed by atoms with Gasteiger partial charge in [0, 0.05) is 21.1 Å². The normalized spacial score (nSPS) is 15.1. The van der Waals surface area contributed by atoms with Gasteiger partial charge >= 0.3 is 0 Å². The molecular formula is C13H19Br2NO3S. The Balaban J connectivity index is 3.21. The molecule has 0 radical (unpaired) electrons. The van der Waals surface area contributed by atoms with Crippen molar-refractivity contribution in [2.75, 3.05) is 6.61 Å². The van der Waals surface area contributed by atoms with E-state index in [9.17, 15) is 8.42 Å². The molecule has 0 heterocycles. The number of halogens is 2. The Morgan fingerprint density at radius 1 is 1.30 bits per heavy atom. The van der Waals surface area contributed by atoms with E-state index in [0.29, 0.717) is 17.3 Å². The van der Waals surface area contributed by atoms with Crippen molar-refractivity contribution in [1.82, 2.24) is 4.72 Å². The van der Waals surface area contributed by atoms with Crippen LogP contribution in [-0.2, 0) is 10.0 Å². The van der Waals surface area contributed by atoms with Crippen LogP contribution < -0.4 is 4.72 Å². The lowest BCUT2D eigenvalue weighted by Gasteiger charge is -2.28. The number of sulfonamides is 1. The summed E-state index contributed by atoms with van der Waals surface area (Å²) in [6, 6.07) is 3.34. The smallest absolute Gasteiger partial charge is 0.242 e. The van der Waals surface area contributed by atoms with Crippen LogP contribution >= 0.6 is 31.9 Å². The van der Waals surface area contributed by atoms with Crippen molar-refractivity contribution in [2.24, 2.45) is 0 Å². The summed E-state index contributed by atoms with van der Waals surface area (Å²) in [5.74, 6) is 0. The topological polar surface area (TPSA) is 66.4 Å². The van der Waals surface area contributed by atoms with E-state index in [2.05, 4.69) is 36.6 Å². The van der Waals surface area contributed by atoms with Crippen molar-refractivity contribution in [3.8, 4) is 0 Å². The lowest BCUT2D eigenvalue weighted by Crippen LogP contribution is -2.46. The number of aliphatic hydroxyl groups excluding tert-OH is 1. The summed E-state index contributed by atoms with van der Waals surface area (Å²) < 4.78 is 29.0. The molecule has 4 nitrogen and oxygen atoms in total. The van der Waals surface area contributed by atoms with Gasteiger partial charge in [0.05, 0.1) is 4.90 Å². The monoisotopic (exact) mass is 427 g/mol. The second kappa shape index (κ2) is 6.87. The SMILES string of the molecule is CCC(C)(CCO)NS(=O)(=O)c1cc(Br)c(C)cc1Br. The first-order valence-corrected chi connectivity index (χ1v) is 9.32. The van der Waals surface area contributed by atoms with E-state index in [4.69, 9.17) is 5.11 Å². The Morgan fingerprint density at radius 2 is 1.90 bits per heavy atom. The summed E-state index contributed by atoms with van der Waals surface area (Å²) in [6.45, 7) is 5.50. The van der Waals surface area contributed by atoms with Gasteiger partial charge in [-0.15, -0.1) is 0 Å². The Hall–Kier alpha value is 0.0500. The number of nitrogens with one attached hydrogen (secondary N) is 1. The highest BCUT2D eigenvalue weighted by atomic mass is 79.9. The molecule has 0 amide bonds. The molecule has 1 unspecified atom stereocenters. The zero-order valence-corrected chi connectivity index (χ0v) is 15.7. The number of benzene rings is 1. The van der Waals surface area contributed by atoms with Gasteiger partial charge < -0.3 is 5.11 Å². The van der Waals surface area contributed by atoms with E-state index < -0.39 is 15.6 Å². The minimum atomic E-state index is -3.66. The summed E-state index contributed by atoms with van der Waals surface area (Å²) >= 11 is 6.64. The van der Waals surface area contributed by atoms with Crippen molar-refractivity contribution in [3.63, 3.8) is 0 Å². The van der Waals surface area contributed by atoms with Crippen LogP contribution in [0.5, 0.6) is 0 Å². The average molecular weight is 429 g/mol. The highest BCUT2D eigenvalue weighted by Crippen LogP contribution is 2.30. The molecule has 2 N–H and O–H groups in total. The van der Waals surface area contributed by atoms with Crippen molar-refractivity contribution in [3.05, 3.63) is 26.6 Å². The quantitative estimate of drug-likeness (QED) is 0.729. The van der Waals surface area contributed by atoms with E-state index in [0.717, 1.165) is 10.0 Å². The predicted octanol–water partition coefficient (Wildman–Crippen LogP) is 3.35. The van der Waals surface area contributed by atoms with Gasteiger partial charge in [0.1, 0.15) is 0 Å². The van der Waals surface area contributed by atoms with Crippen LogP contribution in [0, 0.1) is 6.92 Å². The molecular weight excluding hydrogens is 410 g/mol. The molecule has 114 valence electrons. The summed E-state index contributed by atoms with van der Waals surface area (Å²) in [5.41, 5.74) is 0.286. The fourth-order valence-corrected chi connectivity index (χ4v) is 4.95. The molecule has 1 aromatic carbocycles. The van der Waals surface area contributed by atoms with Crippen molar-refractivity contribution >= 4 is 41.9 Å². The Morgan fingerprint density at radius 3 is 2.40 bits per heavy atom. The van der Waals surface area contributed by atoms with Crippen LogP contribution in [-0.4, -0.2) is 25.7 Å². The Kier molecular flexibility index (Phi) is 6.22. The van der Waals surface area contributed by atoms with Gasteiger partial charge in [0.25, 0.3) is 0 Å². The predicted molar refractivity (Wildman–Crippen MR) is 87.3 cm³/mol. The van der Waals surface area contributed by atoms with Crippen LogP contribution in [0.25, 0.3) is 0 Å². The first-order valence-electron chi connectivity index (χ1n) is 6.25. The molecule has 0 fully saturated rings. The molecule has 20 heavy (non-hydrogen) atoms. The fraction of sp³-hybridized carbons (Fsp3) is 0.538. The first kappa shape index (κ1) is 18.1. The minimum Gasteiger partial charge on any atom is -0.396 e. The van der Waals surface area contributed by atoms with Crippen LogP contribution in [0.4, 0.5) is 0 Å². The molecule has 1 aromatic rings. The van der Waals surface area contributed by atoms with Crippen LogP contribution in [0.15, 0.2) is 26.0 Å². The van der Waals surface area contributed by atoms with E-state index in [-0.39, 0.29) is 11.5 Å². The van der Waals surface area contributed by atoms with Gasteiger partial charge in [-0.05, 0) is 60.3 Å². The molecule has 0 spiro atoms. The van der Waals surface area contributed by atoms with Gasteiger partial charge in [-0.3, -0.25) is 0 Å². The lowest BCUT2D eigenvalue weighted by molar-refractivity contribution is 0.233. The average Bonchev–Trinajstić information content (AvgIpc) is 2.33. The summed E-state index contributed by atoms with van der Waals surface area (Å²) in [6.07, 6.45) is 0.963. The van der Waals surface area contributed by atoms with Crippen LogP contribution in [0.2, 0.25) is 0 Å². The summed E-state index contributed by atoms with van der Waals surface area (Å²) in [7, 11) is -3.66.